The van der Waals surface area contributed by atoms with E-state index in [-0.39, 0.29) is 0 Å². The Balaban J connectivity index is 2.22. The molecule has 3 heteroatoms. The molecule has 2 N–H and O–H groups in total. The highest BCUT2D eigenvalue weighted by atomic mass is 32.2. The minimum Gasteiger partial charge on any atom is -0.404 e. The Morgan fingerprint density at radius 3 is 2.64 bits per heavy atom. The minimum atomic E-state index is 0.595. The first kappa shape index (κ1) is 8.94. The molecular weight excluding hydrogens is 156 g/mol. The van der Waals surface area contributed by atoms with Gasteiger partial charge in [-0.25, -0.2) is 0 Å². The Morgan fingerprint density at radius 2 is 2.09 bits per heavy atom. The number of nitrogens with two attached hydrogens (primary N) is 1. The van der Waals surface area contributed by atoms with E-state index in [0.717, 1.165) is 0 Å². The second-order valence-corrected chi connectivity index (χ2v) is 4.03. The van der Waals surface area contributed by atoms with Gasteiger partial charge in [-0.3, -0.25) is 4.90 Å². The van der Waals surface area contributed by atoms with E-state index in [0.29, 0.717) is 5.37 Å². The lowest BCUT2D eigenvalue weighted by molar-refractivity contribution is 0.333. The summed E-state index contributed by atoms with van der Waals surface area (Å²) in [5.41, 5.74) is 5.26. The van der Waals surface area contributed by atoms with Crippen LogP contribution in [0, 0.1) is 0 Å². The Morgan fingerprint density at radius 1 is 1.45 bits per heavy atom. The minimum absolute atomic E-state index is 0.595. The van der Waals surface area contributed by atoms with Crippen molar-refractivity contribution in [1.82, 2.24) is 4.90 Å². The predicted molar refractivity (Wildman–Crippen MR) is 51.2 cm³/mol. The third-order valence-corrected chi connectivity index (χ3v) is 3.02. The van der Waals surface area contributed by atoms with Crippen LogP contribution in [0.15, 0.2) is 11.6 Å². The van der Waals surface area contributed by atoms with Crippen LogP contribution < -0.4 is 5.73 Å². The maximum absolute atomic E-state index is 5.26. The van der Waals surface area contributed by atoms with Gasteiger partial charge in [-0.2, -0.15) is 0 Å². The van der Waals surface area contributed by atoms with E-state index >= 15 is 0 Å². The second-order valence-electron chi connectivity index (χ2n) is 2.81. The first-order chi connectivity index (χ1) is 5.34. The SMILES string of the molecule is CC(S/C=C\N)N1CCCC1. The molecule has 1 unspecified atom stereocenters. The van der Waals surface area contributed by atoms with Crippen molar-refractivity contribution in [3.8, 4) is 0 Å². The van der Waals surface area contributed by atoms with Crippen molar-refractivity contribution in [3.63, 3.8) is 0 Å². The molecule has 1 atom stereocenters. The van der Waals surface area contributed by atoms with E-state index in [4.69, 9.17) is 5.73 Å². The molecule has 0 aromatic carbocycles. The molecule has 1 rings (SSSR count). The van der Waals surface area contributed by atoms with Crippen molar-refractivity contribution in [2.24, 2.45) is 5.73 Å². The molecule has 1 heterocycles. The van der Waals surface area contributed by atoms with Gasteiger partial charge in [-0.15, -0.1) is 11.8 Å². The van der Waals surface area contributed by atoms with E-state index in [1.165, 1.54) is 25.9 Å². The maximum atomic E-state index is 5.26. The van der Waals surface area contributed by atoms with Crippen molar-refractivity contribution in [2.75, 3.05) is 13.1 Å². The molecule has 64 valence electrons. The fourth-order valence-corrected chi connectivity index (χ4v) is 2.05. The summed E-state index contributed by atoms with van der Waals surface area (Å²) in [5, 5.41) is 2.56. The lowest BCUT2D eigenvalue weighted by atomic mass is 10.4. The first-order valence-electron chi connectivity index (χ1n) is 4.11. The third kappa shape index (κ3) is 2.75. The predicted octanol–water partition coefficient (Wildman–Crippen LogP) is 1.59. The van der Waals surface area contributed by atoms with Gasteiger partial charge in [-0.1, -0.05) is 0 Å². The summed E-state index contributed by atoms with van der Waals surface area (Å²) in [7, 11) is 0. The summed E-state index contributed by atoms with van der Waals surface area (Å²) >= 11 is 1.79. The van der Waals surface area contributed by atoms with Crippen molar-refractivity contribution in [2.45, 2.75) is 25.1 Å². The maximum Gasteiger partial charge on any atom is 0.0570 e. The topological polar surface area (TPSA) is 29.3 Å². The Kier molecular flexibility index (Phi) is 3.80. The highest BCUT2D eigenvalue weighted by Crippen LogP contribution is 2.20. The van der Waals surface area contributed by atoms with Gasteiger partial charge in [0.05, 0.1) is 5.37 Å². The molecule has 0 spiro atoms. The molecule has 0 amide bonds. The van der Waals surface area contributed by atoms with Crippen molar-refractivity contribution >= 4 is 11.8 Å². The largest absolute Gasteiger partial charge is 0.404 e. The molecule has 1 fully saturated rings. The molecule has 1 saturated heterocycles. The van der Waals surface area contributed by atoms with Crippen molar-refractivity contribution in [1.29, 1.82) is 0 Å². The Bertz CT molecular complexity index is 130. The van der Waals surface area contributed by atoms with Gasteiger partial charge < -0.3 is 5.73 Å². The molecular formula is C8H16N2S. The number of hydrogen-bond donors (Lipinski definition) is 1. The first-order valence-corrected chi connectivity index (χ1v) is 5.05. The Labute approximate surface area is 72.8 Å². The molecule has 0 aromatic heterocycles. The zero-order valence-electron chi connectivity index (χ0n) is 6.99. The lowest BCUT2D eigenvalue weighted by Gasteiger charge is -2.21. The van der Waals surface area contributed by atoms with Gasteiger partial charge in [0.15, 0.2) is 0 Å². The second kappa shape index (κ2) is 4.67. The van der Waals surface area contributed by atoms with Gasteiger partial charge in [0.2, 0.25) is 0 Å². The standard InChI is InChI=1S/C8H16N2S/c1-8(11-7-4-9)10-5-2-3-6-10/h4,7-8H,2-3,5-6,9H2,1H3/b7-4-. The molecule has 1 aliphatic heterocycles. The lowest BCUT2D eigenvalue weighted by Crippen LogP contribution is -2.26. The van der Waals surface area contributed by atoms with Crippen LogP contribution in [0.1, 0.15) is 19.8 Å². The van der Waals surface area contributed by atoms with Crippen LogP contribution in [0.4, 0.5) is 0 Å². The molecule has 0 radical (unpaired) electrons. The number of nitrogens with zero attached hydrogens (tertiary/aromatic N) is 1. The van der Waals surface area contributed by atoms with Gasteiger partial charge in [0, 0.05) is 6.20 Å². The highest BCUT2D eigenvalue weighted by Gasteiger charge is 2.16. The van der Waals surface area contributed by atoms with Gasteiger partial charge in [0.25, 0.3) is 0 Å². The number of likely N-dealkylation sites (tertiary alicyclic amines) is 1. The molecule has 1 aliphatic rings. The Hall–Kier alpha value is -0.150. The van der Waals surface area contributed by atoms with E-state index in [2.05, 4.69) is 11.8 Å². The summed E-state index contributed by atoms with van der Waals surface area (Å²) in [6, 6.07) is 0. The highest BCUT2D eigenvalue weighted by molar-refractivity contribution is 8.02. The fraction of sp³-hybridized carbons (Fsp3) is 0.750. The monoisotopic (exact) mass is 172 g/mol. The summed E-state index contributed by atoms with van der Waals surface area (Å²) in [4.78, 5) is 2.49. The van der Waals surface area contributed by atoms with Crippen LogP contribution in [-0.2, 0) is 0 Å². The number of thioether (sulfide) groups is 1. The van der Waals surface area contributed by atoms with E-state index in [9.17, 15) is 0 Å². The normalized spacial score (nSPS) is 23.0. The molecule has 0 bridgehead atoms. The summed E-state index contributed by atoms with van der Waals surface area (Å²) < 4.78 is 0. The molecule has 11 heavy (non-hydrogen) atoms. The van der Waals surface area contributed by atoms with Gasteiger partial charge in [-0.05, 0) is 38.3 Å². The zero-order chi connectivity index (χ0) is 8.10. The average Bonchev–Trinajstić information content (AvgIpc) is 2.52. The van der Waals surface area contributed by atoms with Crippen LogP contribution in [0.2, 0.25) is 0 Å². The smallest absolute Gasteiger partial charge is 0.0570 e. The number of rotatable bonds is 3. The molecule has 0 aromatic rings. The van der Waals surface area contributed by atoms with E-state index in [1.54, 1.807) is 18.0 Å². The van der Waals surface area contributed by atoms with E-state index < -0.39 is 0 Å². The van der Waals surface area contributed by atoms with Gasteiger partial charge >= 0.3 is 0 Å². The quantitative estimate of drug-likeness (QED) is 0.701. The van der Waals surface area contributed by atoms with Crippen LogP contribution in [-0.4, -0.2) is 23.4 Å². The van der Waals surface area contributed by atoms with Crippen molar-refractivity contribution in [3.05, 3.63) is 11.6 Å². The summed E-state index contributed by atoms with van der Waals surface area (Å²) in [6.45, 7) is 4.75. The van der Waals surface area contributed by atoms with E-state index in [1.807, 2.05) is 5.41 Å². The summed E-state index contributed by atoms with van der Waals surface area (Å²) in [5.74, 6) is 0. The van der Waals surface area contributed by atoms with Crippen LogP contribution in [0.5, 0.6) is 0 Å². The van der Waals surface area contributed by atoms with Crippen LogP contribution in [0.3, 0.4) is 0 Å². The van der Waals surface area contributed by atoms with Crippen LogP contribution in [0.25, 0.3) is 0 Å². The summed E-state index contributed by atoms with van der Waals surface area (Å²) in [6.07, 6.45) is 4.33. The molecule has 0 saturated carbocycles. The average molecular weight is 172 g/mol. The molecule has 2 nitrogen and oxygen atoms in total. The number of hydrogen-bond acceptors (Lipinski definition) is 3. The zero-order valence-corrected chi connectivity index (χ0v) is 7.81. The van der Waals surface area contributed by atoms with Crippen LogP contribution >= 0.6 is 11.8 Å². The van der Waals surface area contributed by atoms with Gasteiger partial charge in [0.1, 0.15) is 0 Å². The fourth-order valence-electron chi connectivity index (χ4n) is 1.35. The third-order valence-electron chi connectivity index (χ3n) is 2.01. The van der Waals surface area contributed by atoms with Crippen molar-refractivity contribution < 1.29 is 0 Å². The molecule has 0 aliphatic carbocycles.